The van der Waals surface area contributed by atoms with Crippen LogP contribution >= 0.6 is 0 Å². The Balaban J connectivity index is 1.41. The Kier molecular flexibility index (Phi) is 3.19. The lowest BCUT2D eigenvalue weighted by Gasteiger charge is -2.43. The molecule has 6 heterocycles. The zero-order valence-electron chi connectivity index (χ0n) is 13.1. The molecule has 7 nitrogen and oxygen atoms in total. The van der Waals surface area contributed by atoms with E-state index in [2.05, 4.69) is 25.0 Å². The molecule has 0 saturated carbocycles. The molecule has 0 amide bonds. The second-order valence-corrected chi connectivity index (χ2v) is 6.47. The molecule has 0 N–H and O–H groups in total. The van der Waals surface area contributed by atoms with Crippen molar-refractivity contribution in [3.63, 3.8) is 0 Å². The molecule has 6 rings (SSSR count). The third-order valence-corrected chi connectivity index (χ3v) is 5.08. The summed E-state index contributed by atoms with van der Waals surface area (Å²) in [5.41, 5.74) is 0.917. The first-order chi connectivity index (χ1) is 11.9. The van der Waals surface area contributed by atoms with Crippen LogP contribution in [0.5, 0.6) is 0 Å². The quantitative estimate of drug-likeness (QED) is 0.732. The van der Waals surface area contributed by atoms with Crippen molar-refractivity contribution in [1.82, 2.24) is 25.0 Å². The van der Waals surface area contributed by atoms with Gasteiger partial charge in [0.1, 0.15) is 0 Å². The normalized spacial score (nSPS) is 25.9. The van der Waals surface area contributed by atoms with Crippen molar-refractivity contribution in [3.8, 4) is 23.1 Å². The number of pyridine rings is 1. The highest BCUT2D eigenvalue weighted by molar-refractivity contribution is 5.57. The Bertz CT molecular complexity index is 836. The summed E-state index contributed by atoms with van der Waals surface area (Å²) in [4.78, 5) is 15.3. The van der Waals surface area contributed by atoms with Crippen LogP contribution in [0.3, 0.4) is 0 Å². The number of piperidine rings is 3. The molecule has 3 aliphatic rings. The van der Waals surface area contributed by atoms with Crippen molar-refractivity contribution in [2.75, 3.05) is 19.6 Å². The van der Waals surface area contributed by atoms with E-state index in [0.29, 0.717) is 29.4 Å². The summed E-state index contributed by atoms with van der Waals surface area (Å²) < 4.78 is 11.2. The number of fused-ring (bicyclic) bond motifs is 3. The van der Waals surface area contributed by atoms with Gasteiger partial charge in [0.2, 0.25) is 0 Å². The Morgan fingerprint density at radius 3 is 2.67 bits per heavy atom. The second-order valence-electron chi connectivity index (χ2n) is 6.47. The number of nitrogens with zero attached hydrogens (tertiary/aromatic N) is 5. The smallest absolute Gasteiger partial charge is 0.313 e. The minimum atomic E-state index is 0.349. The Labute approximate surface area is 138 Å². The average molecular weight is 323 g/mol. The minimum Gasteiger partial charge on any atom is -0.432 e. The summed E-state index contributed by atoms with van der Waals surface area (Å²) in [6.45, 7) is 3.42. The number of aromatic nitrogens is 4. The van der Waals surface area contributed by atoms with Gasteiger partial charge in [-0.2, -0.15) is 4.98 Å². The largest absolute Gasteiger partial charge is 0.432 e. The molecule has 3 aliphatic heterocycles. The lowest BCUT2D eigenvalue weighted by atomic mass is 9.79. The minimum absolute atomic E-state index is 0.349. The van der Waals surface area contributed by atoms with Gasteiger partial charge in [-0.05, 0) is 44.0 Å². The molecule has 0 aromatic carbocycles. The maximum absolute atomic E-state index is 5.77. The van der Waals surface area contributed by atoms with Crippen LogP contribution in [0.2, 0.25) is 0 Å². The lowest BCUT2D eigenvalue weighted by Crippen LogP contribution is -2.46. The fraction of sp³-hybridized carbons (Fsp3) is 0.412. The first-order valence-electron chi connectivity index (χ1n) is 8.29. The molecular formula is C17H17N5O2. The van der Waals surface area contributed by atoms with Gasteiger partial charge in [0.15, 0.2) is 11.6 Å². The van der Waals surface area contributed by atoms with Gasteiger partial charge < -0.3 is 13.8 Å². The summed E-state index contributed by atoms with van der Waals surface area (Å²) in [6, 6.07) is 3.74. The van der Waals surface area contributed by atoms with Gasteiger partial charge in [-0.3, -0.25) is 4.98 Å². The van der Waals surface area contributed by atoms with Crippen LogP contribution in [0.4, 0.5) is 0 Å². The molecule has 3 aromatic rings. The molecule has 3 saturated heterocycles. The number of rotatable bonds is 3. The number of hydrogen-bond acceptors (Lipinski definition) is 7. The molecule has 0 spiro atoms. The molecule has 2 bridgehead atoms. The van der Waals surface area contributed by atoms with Crippen molar-refractivity contribution in [2.45, 2.75) is 18.8 Å². The van der Waals surface area contributed by atoms with Crippen molar-refractivity contribution in [1.29, 1.82) is 0 Å². The van der Waals surface area contributed by atoms with Gasteiger partial charge in [0.25, 0.3) is 5.89 Å². The van der Waals surface area contributed by atoms with E-state index in [1.165, 1.54) is 25.9 Å². The first kappa shape index (κ1) is 13.9. The van der Waals surface area contributed by atoms with E-state index in [4.69, 9.17) is 8.94 Å². The van der Waals surface area contributed by atoms with Crippen molar-refractivity contribution in [2.24, 2.45) is 5.92 Å². The highest BCUT2D eigenvalue weighted by atomic mass is 16.5. The van der Waals surface area contributed by atoms with E-state index >= 15 is 0 Å². The summed E-state index contributed by atoms with van der Waals surface area (Å²) in [6.07, 6.45) is 7.55. The fourth-order valence-corrected chi connectivity index (χ4v) is 3.75. The van der Waals surface area contributed by atoms with Gasteiger partial charge in [0, 0.05) is 30.4 Å². The predicted octanol–water partition coefficient (Wildman–Crippen LogP) is 2.60. The van der Waals surface area contributed by atoms with Crippen LogP contribution in [0.1, 0.15) is 24.6 Å². The summed E-state index contributed by atoms with van der Waals surface area (Å²) in [5, 5.41) is 4.19. The van der Waals surface area contributed by atoms with E-state index in [-0.39, 0.29) is 0 Å². The van der Waals surface area contributed by atoms with E-state index < -0.39 is 0 Å². The maximum atomic E-state index is 5.77. The van der Waals surface area contributed by atoms with Crippen LogP contribution in [-0.4, -0.2) is 44.6 Å². The standard InChI is InChI=1S/C17H17N5O2/c1-5-18-6-2-12(1)14-9-19-16(23-14)17-20-15(21-24-17)13-10-22-7-3-11(13)4-8-22/h1-2,5-6,9,11,13H,3-4,7-8,10H2. The topological polar surface area (TPSA) is 81.1 Å². The monoisotopic (exact) mass is 323 g/mol. The fourth-order valence-electron chi connectivity index (χ4n) is 3.75. The van der Waals surface area contributed by atoms with Crippen LogP contribution < -0.4 is 0 Å². The molecule has 0 aliphatic carbocycles. The third-order valence-electron chi connectivity index (χ3n) is 5.08. The summed E-state index contributed by atoms with van der Waals surface area (Å²) >= 11 is 0. The van der Waals surface area contributed by atoms with Crippen molar-refractivity contribution < 1.29 is 8.94 Å². The second kappa shape index (κ2) is 5.52. The first-order valence-corrected chi connectivity index (χ1v) is 8.29. The van der Waals surface area contributed by atoms with Gasteiger partial charge in [-0.15, -0.1) is 0 Å². The average Bonchev–Trinajstić information content (AvgIpc) is 3.33. The van der Waals surface area contributed by atoms with Crippen LogP contribution in [0.25, 0.3) is 23.1 Å². The van der Waals surface area contributed by atoms with Crippen LogP contribution in [0, 0.1) is 5.92 Å². The Morgan fingerprint density at radius 2 is 1.92 bits per heavy atom. The molecule has 7 heteroatoms. The summed E-state index contributed by atoms with van der Waals surface area (Å²) in [5.74, 6) is 3.18. The van der Waals surface area contributed by atoms with E-state index in [0.717, 1.165) is 17.9 Å². The van der Waals surface area contributed by atoms with Crippen molar-refractivity contribution >= 4 is 0 Å². The van der Waals surface area contributed by atoms with Gasteiger partial charge >= 0.3 is 5.89 Å². The van der Waals surface area contributed by atoms with Crippen LogP contribution in [0.15, 0.2) is 39.7 Å². The maximum Gasteiger partial charge on any atom is 0.313 e. The molecule has 1 unspecified atom stereocenters. The van der Waals surface area contributed by atoms with E-state index in [1.807, 2.05) is 12.1 Å². The zero-order valence-corrected chi connectivity index (χ0v) is 13.1. The molecule has 122 valence electrons. The Hall–Kier alpha value is -2.54. The summed E-state index contributed by atoms with van der Waals surface area (Å²) in [7, 11) is 0. The molecule has 24 heavy (non-hydrogen) atoms. The molecule has 3 fully saturated rings. The SMILES string of the molecule is c1cc(-c2cnc(-c3nc(C4CN5CCC4CC5)no3)o2)ccn1. The zero-order chi connectivity index (χ0) is 15.9. The van der Waals surface area contributed by atoms with Crippen molar-refractivity contribution in [3.05, 3.63) is 36.5 Å². The highest BCUT2D eigenvalue weighted by Crippen LogP contribution is 2.38. The van der Waals surface area contributed by atoms with E-state index in [9.17, 15) is 0 Å². The molecule has 0 radical (unpaired) electrons. The highest BCUT2D eigenvalue weighted by Gasteiger charge is 2.37. The Morgan fingerprint density at radius 1 is 1.08 bits per heavy atom. The molecule has 1 atom stereocenters. The molecule has 3 aromatic heterocycles. The van der Waals surface area contributed by atoms with E-state index in [1.54, 1.807) is 18.6 Å². The lowest BCUT2D eigenvalue weighted by molar-refractivity contribution is 0.0825. The van der Waals surface area contributed by atoms with Gasteiger partial charge in [-0.1, -0.05) is 5.16 Å². The number of hydrogen-bond donors (Lipinski definition) is 0. The predicted molar refractivity (Wildman–Crippen MR) is 84.9 cm³/mol. The molecular weight excluding hydrogens is 306 g/mol. The number of oxazole rings is 1. The van der Waals surface area contributed by atoms with Crippen LogP contribution in [-0.2, 0) is 0 Å². The van der Waals surface area contributed by atoms with Gasteiger partial charge in [-0.25, -0.2) is 4.98 Å². The van der Waals surface area contributed by atoms with Gasteiger partial charge in [0.05, 0.1) is 6.20 Å². The third kappa shape index (κ3) is 2.32.